The predicted octanol–water partition coefficient (Wildman–Crippen LogP) is 1.41. The highest BCUT2D eigenvalue weighted by Crippen LogP contribution is 2.20. The molecule has 0 aromatic heterocycles. The number of halogens is 2. The Labute approximate surface area is 83.7 Å². The second-order valence-corrected chi connectivity index (χ2v) is 2.69. The van der Waals surface area contributed by atoms with E-state index < -0.39 is 18.7 Å². The maximum atomic E-state index is 11.8. The third-order valence-electron chi connectivity index (χ3n) is 1.63. The van der Waals surface area contributed by atoms with Crippen molar-refractivity contribution in [2.75, 3.05) is 0 Å². The number of benzene rings is 1. The van der Waals surface area contributed by atoms with Gasteiger partial charge in [-0.3, -0.25) is 0 Å². The number of alkyl halides is 2. The van der Waals surface area contributed by atoms with E-state index in [4.69, 9.17) is 10.2 Å². The van der Waals surface area contributed by atoms with Gasteiger partial charge in [-0.05, 0) is 17.7 Å². The Balaban J connectivity index is 2.87. The number of rotatable bonds is 4. The number of carbonyl (C=O) groups is 1. The molecule has 2 N–H and O–H groups in total. The maximum absolute atomic E-state index is 11.8. The summed E-state index contributed by atoms with van der Waals surface area (Å²) < 4.78 is 27.7. The van der Waals surface area contributed by atoms with Crippen molar-refractivity contribution in [2.24, 2.45) is 0 Å². The monoisotopic (exact) mass is 218 g/mol. The van der Waals surface area contributed by atoms with Gasteiger partial charge in [-0.1, -0.05) is 12.1 Å². The first-order valence-corrected chi connectivity index (χ1v) is 3.96. The normalized spacial score (nSPS) is 12.5. The maximum Gasteiger partial charge on any atom is 0.387 e. The van der Waals surface area contributed by atoms with E-state index in [-0.39, 0.29) is 11.3 Å². The molecule has 0 spiro atoms. The summed E-state index contributed by atoms with van der Waals surface area (Å²) >= 11 is 0. The lowest BCUT2D eigenvalue weighted by Crippen LogP contribution is -2.10. The molecule has 0 bridgehead atoms. The molecule has 0 heterocycles. The fourth-order valence-corrected chi connectivity index (χ4v) is 1.00. The molecule has 0 aliphatic heterocycles. The molecule has 0 aliphatic carbocycles. The van der Waals surface area contributed by atoms with Crippen LogP contribution in [0.5, 0.6) is 5.75 Å². The molecule has 0 amide bonds. The van der Waals surface area contributed by atoms with Crippen LogP contribution in [0.4, 0.5) is 8.78 Å². The summed E-state index contributed by atoms with van der Waals surface area (Å²) in [5, 5.41) is 17.6. The summed E-state index contributed by atoms with van der Waals surface area (Å²) in [6, 6.07) is 4.91. The Morgan fingerprint density at radius 3 is 2.60 bits per heavy atom. The van der Waals surface area contributed by atoms with Gasteiger partial charge >= 0.3 is 12.6 Å². The SMILES string of the molecule is O=C(O)[C@@H](O)c1cccc(OC(F)F)c1. The zero-order valence-electron chi connectivity index (χ0n) is 7.43. The average molecular weight is 218 g/mol. The first-order valence-electron chi connectivity index (χ1n) is 3.96. The fraction of sp³-hybridized carbons (Fsp3) is 0.222. The van der Waals surface area contributed by atoms with Crippen LogP contribution in [-0.4, -0.2) is 22.8 Å². The number of carboxylic acid groups (broad SMARTS) is 1. The topological polar surface area (TPSA) is 66.8 Å². The zero-order chi connectivity index (χ0) is 11.4. The molecule has 15 heavy (non-hydrogen) atoms. The molecule has 6 heteroatoms. The van der Waals surface area contributed by atoms with Gasteiger partial charge in [0.1, 0.15) is 5.75 Å². The van der Waals surface area contributed by atoms with Crippen LogP contribution in [0.15, 0.2) is 24.3 Å². The number of hydrogen-bond acceptors (Lipinski definition) is 3. The van der Waals surface area contributed by atoms with Crippen LogP contribution >= 0.6 is 0 Å². The van der Waals surface area contributed by atoms with Crippen molar-refractivity contribution < 1.29 is 28.5 Å². The van der Waals surface area contributed by atoms with E-state index in [0.29, 0.717) is 0 Å². The molecule has 0 aliphatic rings. The lowest BCUT2D eigenvalue weighted by molar-refractivity contribution is -0.146. The molecule has 0 radical (unpaired) electrons. The van der Waals surface area contributed by atoms with Crippen molar-refractivity contribution >= 4 is 5.97 Å². The molecule has 0 fully saturated rings. The van der Waals surface area contributed by atoms with Gasteiger partial charge in [0.2, 0.25) is 0 Å². The molecule has 1 aromatic carbocycles. The van der Waals surface area contributed by atoms with E-state index in [9.17, 15) is 13.6 Å². The van der Waals surface area contributed by atoms with Gasteiger partial charge in [-0.15, -0.1) is 0 Å². The van der Waals surface area contributed by atoms with E-state index in [2.05, 4.69) is 4.74 Å². The lowest BCUT2D eigenvalue weighted by Gasteiger charge is -2.08. The van der Waals surface area contributed by atoms with Gasteiger partial charge in [0.05, 0.1) is 0 Å². The van der Waals surface area contributed by atoms with Crippen LogP contribution in [0, 0.1) is 0 Å². The van der Waals surface area contributed by atoms with Crippen molar-refractivity contribution in [2.45, 2.75) is 12.7 Å². The quantitative estimate of drug-likeness (QED) is 0.801. The predicted molar refractivity (Wildman–Crippen MR) is 45.7 cm³/mol. The van der Waals surface area contributed by atoms with E-state index in [1.807, 2.05) is 0 Å². The Hall–Kier alpha value is -1.69. The molecule has 1 aromatic rings. The second-order valence-electron chi connectivity index (χ2n) is 2.69. The second kappa shape index (κ2) is 4.70. The van der Waals surface area contributed by atoms with Crippen molar-refractivity contribution in [3.63, 3.8) is 0 Å². The highest BCUT2D eigenvalue weighted by molar-refractivity contribution is 5.74. The molecular weight excluding hydrogens is 210 g/mol. The van der Waals surface area contributed by atoms with Crippen LogP contribution in [0.3, 0.4) is 0 Å². The first-order chi connectivity index (χ1) is 7.00. The minimum atomic E-state index is -2.98. The molecule has 82 valence electrons. The smallest absolute Gasteiger partial charge is 0.387 e. The summed E-state index contributed by atoms with van der Waals surface area (Å²) in [6.45, 7) is -2.98. The Morgan fingerprint density at radius 1 is 1.40 bits per heavy atom. The van der Waals surface area contributed by atoms with Gasteiger partial charge in [0.25, 0.3) is 0 Å². The summed E-state index contributed by atoms with van der Waals surface area (Å²) in [5.41, 5.74) is -0.0133. The molecule has 0 saturated heterocycles. The molecule has 1 atom stereocenters. The Kier molecular flexibility index (Phi) is 3.56. The van der Waals surface area contributed by atoms with Crippen molar-refractivity contribution in [3.05, 3.63) is 29.8 Å². The zero-order valence-corrected chi connectivity index (χ0v) is 7.43. The van der Waals surface area contributed by atoms with Gasteiger partial charge < -0.3 is 14.9 Å². The Bertz CT molecular complexity index is 354. The van der Waals surface area contributed by atoms with Crippen LogP contribution in [0.1, 0.15) is 11.7 Å². The molecule has 0 unspecified atom stereocenters. The Morgan fingerprint density at radius 2 is 2.07 bits per heavy atom. The summed E-state index contributed by atoms with van der Waals surface area (Å²) in [7, 11) is 0. The number of carboxylic acids is 1. The number of aliphatic hydroxyl groups is 1. The summed E-state index contributed by atoms with van der Waals surface area (Å²) in [6.07, 6.45) is -1.74. The minimum absolute atomic E-state index is 0.0133. The fourth-order valence-electron chi connectivity index (χ4n) is 1.00. The van der Waals surface area contributed by atoms with E-state index in [0.717, 1.165) is 6.07 Å². The minimum Gasteiger partial charge on any atom is -0.479 e. The van der Waals surface area contributed by atoms with Crippen molar-refractivity contribution in [3.8, 4) is 5.75 Å². The average Bonchev–Trinajstić information content (AvgIpc) is 2.16. The van der Waals surface area contributed by atoms with Gasteiger partial charge in [0, 0.05) is 0 Å². The number of ether oxygens (including phenoxy) is 1. The van der Waals surface area contributed by atoms with Crippen molar-refractivity contribution in [1.29, 1.82) is 0 Å². The van der Waals surface area contributed by atoms with Gasteiger partial charge in [-0.25, -0.2) is 4.79 Å². The van der Waals surface area contributed by atoms with Crippen LogP contribution in [0.2, 0.25) is 0 Å². The van der Waals surface area contributed by atoms with E-state index >= 15 is 0 Å². The molecule has 0 saturated carbocycles. The largest absolute Gasteiger partial charge is 0.479 e. The van der Waals surface area contributed by atoms with Gasteiger partial charge in [0.15, 0.2) is 6.10 Å². The third-order valence-corrected chi connectivity index (χ3v) is 1.63. The standard InChI is InChI=1S/C9H8F2O4/c10-9(11)15-6-3-1-2-5(4-6)7(12)8(13)14/h1-4,7,9,12H,(H,13,14)/t7-/m0/s1. The molecular formula is C9H8F2O4. The van der Waals surface area contributed by atoms with Gasteiger partial charge in [-0.2, -0.15) is 8.78 Å². The number of aliphatic carboxylic acids is 1. The number of hydrogen-bond donors (Lipinski definition) is 2. The summed E-state index contributed by atoms with van der Waals surface area (Å²) in [5.74, 6) is -1.65. The first kappa shape index (κ1) is 11.4. The highest BCUT2D eigenvalue weighted by Gasteiger charge is 2.16. The van der Waals surface area contributed by atoms with Crippen LogP contribution in [-0.2, 0) is 4.79 Å². The van der Waals surface area contributed by atoms with Crippen LogP contribution in [0.25, 0.3) is 0 Å². The van der Waals surface area contributed by atoms with Crippen LogP contribution < -0.4 is 4.74 Å². The van der Waals surface area contributed by atoms with E-state index in [1.165, 1.54) is 18.2 Å². The molecule has 4 nitrogen and oxygen atoms in total. The lowest BCUT2D eigenvalue weighted by atomic mass is 10.1. The third kappa shape index (κ3) is 3.17. The number of aliphatic hydroxyl groups excluding tert-OH is 1. The van der Waals surface area contributed by atoms with Crippen molar-refractivity contribution in [1.82, 2.24) is 0 Å². The highest BCUT2D eigenvalue weighted by atomic mass is 19.3. The van der Waals surface area contributed by atoms with E-state index in [1.54, 1.807) is 0 Å². The summed E-state index contributed by atoms with van der Waals surface area (Å²) in [4.78, 5) is 10.4. The molecule has 1 rings (SSSR count).